The van der Waals surface area contributed by atoms with Crippen LogP contribution < -0.4 is 5.69 Å². The van der Waals surface area contributed by atoms with E-state index in [-0.39, 0.29) is 18.1 Å². The summed E-state index contributed by atoms with van der Waals surface area (Å²) in [6, 6.07) is 0. The zero-order valence-electron chi connectivity index (χ0n) is 8.22. The molecule has 0 bridgehead atoms. The first-order valence-corrected chi connectivity index (χ1v) is 5.13. The van der Waals surface area contributed by atoms with E-state index in [9.17, 15) is 9.18 Å². The van der Waals surface area contributed by atoms with Crippen molar-refractivity contribution in [3.05, 3.63) is 27.9 Å². The highest BCUT2D eigenvalue weighted by atomic mass is 35.5. The van der Waals surface area contributed by atoms with Crippen LogP contribution in [-0.2, 0) is 4.74 Å². The largest absolute Gasteiger partial charge is 0.394 e. The molecule has 1 aromatic rings. The van der Waals surface area contributed by atoms with Crippen molar-refractivity contribution in [2.45, 2.75) is 24.9 Å². The van der Waals surface area contributed by atoms with Gasteiger partial charge in [-0.3, -0.25) is 4.57 Å². The van der Waals surface area contributed by atoms with Crippen molar-refractivity contribution < 1.29 is 14.2 Å². The molecule has 2 heterocycles. The molecule has 1 N–H and O–H groups in total. The second-order valence-electron chi connectivity index (χ2n) is 3.54. The molecule has 0 spiro atoms. The summed E-state index contributed by atoms with van der Waals surface area (Å²) in [5.74, 6) is 0. The van der Waals surface area contributed by atoms with Crippen molar-refractivity contribution >= 4 is 11.6 Å². The summed E-state index contributed by atoms with van der Waals surface area (Å²) in [6.45, 7) is -0.278. The van der Waals surface area contributed by atoms with Crippen LogP contribution in [0.3, 0.4) is 0 Å². The number of aromatic nitrogens is 2. The Balaban J connectivity index is 2.31. The summed E-state index contributed by atoms with van der Waals surface area (Å²) in [5.41, 5.74) is -0.629. The minimum atomic E-state index is -1.35. The van der Waals surface area contributed by atoms with E-state index >= 15 is 0 Å². The van der Waals surface area contributed by atoms with Crippen LogP contribution in [0.15, 0.2) is 17.2 Å². The summed E-state index contributed by atoms with van der Waals surface area (Å²) >= 11 is 5.66. The molecule has 1 fully saturated rings. The molecule has 0 saturated carbocycles. The van der Waals surface area contributed by atoms with Crippen LogP contribution in [0.25, 0.3) is 0 Å². The number of aliphatic hydroxyl groups excluding tert-OH is 1. The van der Waals surface area contributed by atoms with Gasteiger partial charge < -0.3 is 9.84 Å². The number of alkyl halides is 1. The van der Waals surface area contributed by atoms with E-state index in [1.54, 1.807) is 0 Å². The van der Waals surface area contributed by atoms with Gasteiger partial charge in [0.05, 0.1) is 23.9 Å². The van der Waals surface area contributed by atoms with Gasteiger partial charge in [0, 0.05) is 12.6 Å². The molecular weight excluding hydrogens is 239 g/mol. The molecule has 88 valence electrons. The van der Waals surface area contributed by atoms with Crippen molar-refractivity contribution in [3.8, 4) is 0 Å². The quantitative estimate of drug-likeness (QED) is 0.829. The van der Waals surface area contributed by atoms with Crippen LogP contribution in [0.1, 0.15) is 12.6 Å². The average Bonchev–Trinajstić information content (AvgIpc) is 2.63. The summed E-state index contributed by atoms with van der Waals surface area (Å²) in [4.78, 5) is 14.9. The van der Waals surface area contributed by atoms with Gasteiger partial charge in [0.1, 0.15) is 6.17 Å². The lowest BCUT2D eigenvalue weighted by atomic mass is 10.2. The molecule has 7 heteroatoms. The molecule has 1 saturated heterocycles. The molecule has 1 aliphatic rings. The lowest BCUT2D eigenvalue weighted by Gasteiger charge is -2.15. The third-order valence-corrected chi connectivity index (χ3v) is 2.58. The maximum atomic E-state index is 13.6. The molecule has 0 amide bonds. The van der Waals surface area contributed by atoms with Crippen molar-refractivity contribution in [1.29, 1.82) is 0 Å². The minimum absolute atomic E-state index is 0.0557. The first-order chi connectivity index (χ1) is 7.61. The highest BCUT2D eigenvalue weighted by Gasteiger charge is 2.36. The third kappa shape index (κ3) is 2.09. The van der Waals surface area contributed by atoms with Crippen LogP contribution in [0, 0.1) is 0 Å². The summed E-state index contributed by atoms with van der Waals surface area (Å²) in [5, 5.41) is 9.08. The fraction of sp³-hybridized carbons (Fsp3) is 0.556. The Hall–Kier alpha value is -0.980. The van der Waals surface area contributed by atoms with E-state index < -0.39 is 24.2 Å². The standard InChI is InChI=1S/C9H10ClFN2O3/c10-5-2-12-9(15)13(3-5)8-7(11)1-6(4-14)16-8/h2-3,6-8,14H,1,4H2/t6-,7-,8+/m0/s1. The van der Waals surface area contributed by atoms with Crippen molar-refractivity contribution in [2.75, 3.05) is 6.61 Å². The highest BCUT2D eigenvalue weighted by molar-refractivity contribution is 6.30. The molecule has 1 aliphatic heterocycles. The van der Waals surface area contributed by atoms with Gasteiger partial charge in [-0.15, -0.1) is 0 Å². The SMILES string of the molecule is O=c1ncc(Cl)cn1[C@@H]1O[C@H](CO)C[C@@H]1F. The van der Waals surface area contributed by atoms with Gasteiger partial charge in [-0.25, -0.2) is 9.18 Å². The highest BCUT2D eigenvalue weighted by Crippen LogP contribution is 2.30. The second kappa shape index (κ2) is 4.48. The molecule has 0 radical (unpaired) electrons. The molecule has 3 atom stereocenters. The molecule has 0 aliphatic carbocycles. The average molecular weight is 249 g/mol. The van der Waals surface area contributed by atoms with Crippen LogP contribution in [0.4, 0.5) is 4.39 Å². The number of hydrogen-bond donors (Lipinski definition) is 1. The van der Waals surface area contributed by atoms with Crippen LogP contribution in [0.2, 0.25) is 5.02 Å². The molecule has 1 aromatic heterocycles. The topological polar surface area (TPSA) is 64.4 Å². The van der Waals surface area contributed by atoms with E-state index in [1.165, 1.54) is 12.4 Å². The van der Waals surface area contributed by atoms with E-state index in [1.807, 2.05) is 0 Å². The van der Waals surface area contributed by atoms with Crippen molar-refractivity contribution in [1.82, 2.24) is 9.55 Å². The number of nitrogens with zero attached hydrogens (tertiary/aromatic N) is 2. The maximum absolute atomic E-state index is 13.6. The normalized spacial score (nSPS) is 29.6. The van der Waals surface area contributed by atoms with E-state index in [0.29, 0.717) is 0 Å². The molecule has 5 nitrogen and oxygen atoms in total. The fourth-order valence-electron chi connectivity index (χ4n) is 1.65. The number of halogens is 2. The van der Waals surface area contributed by atoms with E-state index in [0.717, 1.165) is 4.57 Å². The monoisotopic (exact) mass is 248 g/mol. The predicted octanol–water partition coefficient (Wildman–Crippen LogP) is 0.515. The van der Waals surface area contributed by atoms with Gasteiger partial charge in [0.25, 0.3) is 0 Å². The third-order valence-electron chi connectivity index (χ3n) is 2.39. The lowest BCUT2D eigenvalue weighted by Crippen LogP contribution is -2.30. The molecule has 0 aromatic carbocycles. The molecule has 2 rings (SSSR count). The maximum Gasteiger partial charge on any atom is 0.349 e. The number of rotatable bonds is 2. The molecule has 0 unspecified atom stereocenters. The van der Waals surface area contributed by atoms with Gasteiger partial charge in [-0.1, -0.05) is 11.6 Å². The Kier molecular flexibility index (Phi) is 3.22. The Bertz CT molecular complexity index is 439. The Labute approximate surface area is 95.4 Å². The van der Waals surface area contributed by atoms with Crippen LogP contribution in [-0.4, -0.2) is 33.5 Å². The zero-order chi connectivity index (χ0) is 11.7. The van der Waals surface area contributed by atoms with E-state index in [2.05, 4.69) is 4.98 Å². The fourth-order valence-corrected chi connectivity index (χ4v) is 1.80. The predicted molar refractivity (Wildman–Crippen MR) is 54.0 cm³/mol. The van der Waals surface area contributed by atoms with Gasteiger partial charge in [-0.2, -0.15) is 4.98 Å². The number of aliphatic hydroxyl groups is 1. The Morgan fingerprint density at radius 1 is 1.75 bits per heavy atom. The number of hydrogen-bond acceptors (Lipinski definition) is 4. The smallest absolute Gasteiger partial charge is 0.349 e. The molecule has 16 heavy (non-hydrogen) atoms. The Morgan fingerprint density at radius 3 is 3.12 bits per heavy atom. The first kappa shape index (κ1) is 11.5. The molecular formula is C9H10ClFN2O3. The summed E-state index contributed by atoms with van der Waals surface area (Å²) in [6.07, 6.45) is -0.489. The summed E-state index contributed by atoms with van der Waals surface area (Å²) < 4.78 is 19.7. The van der Waals surface area contributed by atoms with Gasteiger partial charge in [-0.05, 0) is 0 Å². The van der Waals surface area contributed by atoms with Crippen molar-refractivity contribution in [2.24, 2.45) is 0 Å². The summed E-state index contributed by atoms with van der Waals surface area (Å²) in [7, 11) is 0. The first-order valence-electron chi connectivity index (χ1n) is 4.76. The van der Waals surface area contributed by atoms with E-state index in [4.69, 9.17) is 21.4 Å². The van der Waals surface area contributed by atoms with Crippen molar-refractivity contribution in [3.63, 3.8) is 0 Å². The minimum Gasteiger partial charge on any atom is -0.394 e. The van der Waals surface area contributed by atoms with Gasteiger partial charge in [0.2, 0.25) is 0 Å². The van der Waals surface area contributed by atoms with Gasteiger partial charge in [0.15, 0.2) is 6.23 Å². The number of ether oxygens (including phenoxy) is 1. The Morgan fingerprint density at radius 2 is 2.50 bits per heavy atom. The van der Waals surface area contributed by atoms with Gasteiger partial charge >= 0.3 is 5.69 Å². The lowest BCUT2D eigenvalue weighted by molar-refractivity contribution is -0.0393. The zero-order valence-corrected chi connectivity index (χ0v) is 8.97. The van der Waals surface area contributed by atoms with Crippen LogP contribution >= 0.6 is 11.6 Å². The van der Waals surface area contributed by atoms with Crippen LogP contribution in [0.5, 0.6) is 0 Å². The second-order valence-corrected chi connectivity index (χ2v) is 3.98.